The number of benzene rings is 1. The van der Waals surface area contributed by atoms with Gasteiger partial charge in [-0.25, -0.2) is 0 Å². The SMILES string of the molecule is CCCCCCCCCCNc1cc(Br)ccc1C. The Bertz CT molecular complexity index is 349. The molecule has 108 valence electrons. The number of aryl methyl sites for hydroxylation is 1. The molecule has 0 bridgehead atoms. The highest BCUT2D eigenvalue weighted by molar-refractivity contribution is 9.10. The lowest BCUT2D eigenvalue weighted by Crippen LogP contribution is -2.02. The van der Waals surface area contributed by atoms with Gasteiger partial charge in [-0.3, -0.25) is 0 Å². The van der Waals surface area contributed by atoms with Gasteiger partial charge < -0.3 is 5.32 Å². The Kier molecular flexibility index (Phi) is 8.98. The van der Waals surface area contributed by atoms with E-state index in [0.29, 0.717) is 0 Å². The molecule has 0 unspecified atom stereocenters. The van der Waals surface area contributed by atoms with E-state index < -0.39 is 0 Å². The lowest BCUT2D eigenvalue weighted by molar-refractivity contribution is 0.581. The number of unbranched alkanes of at least 4 members (excludes halogenated alkanes) is 7. The fraction of sp³-hybridized carbons (Fsp3) is 0.647. The molecule has 2 heteroatoms. The van der Waals surface area contributed by atoms with Crippen molar-refractivity contribution in [1.29, 1.82) is 0 Å². The number of halogens is 1. The summed E-state index contributed by atoms with van der Waals surface area (Å²) < 4.78 is 1.15. The lowest BCUT2D eigenvalue weighted by Gasteiger charge is -2.10. The molecular formula is C17H28BrN. The molecule has 1 rings (SSSR count). The van der Waals surface area contributed by atoms with Crippen molar-refractivity contribution in [3.63, 3.8) is 0 Å². The van der Waals surface area contributed by atoms with Gasteiger partial charge in [0.15, 0.2) is 0 Å². The van der Waals surface area contributed by atoms with Crippen molar-refractivity contribution in [3.05, 3.63) is 28.2 Å². The first-order valence-electron chi connectivity index (χ1n) is 7.74. The summed E-state index contributed by atoms with van der Waals surface area (Å²) >= 11 is 3.52. The third kappa shape index (κ3) is 7.61. The van der Waals surface area contributed by atoms with Crippen LogP contribution in [0.3, 0.4) is 0 Å². The van der Waals surface area contributed by atoms with E-state index in [1.54, 1.807) is 0 Å². The quantitative estimate of drug-likeness (QED) is 0.497. The number of hydrogen-bond acceptors (Lipinski definition) is 1. The second-order valence-electron chi connectivity index (χ2n) is 5.36. The summed E-state index contributed by atoms with van der Waals surface area (Å²) in [4.78, 5) is 0. The predicted octanol–water partition coefficient (Wildman–Crippen LogP) is 6.31. The maximum atomic E-state index is 3.53. The molecule has 1 aromatic rings. The maximum absolute atomic E-state index is 3.53. The normalized spacial score (nSPS) is 10.7. The standard InChI is InChI=1S/C17H28BrN/c1-3-4-5-6-7-8-9-10-13-19-17-14-16(18)12-11-15(17)2/h11-12,14,19H,3-10,13H2,1-2H3. The van der Waals surface area contributed by atoms with Crippen molar-refractivity contribution in [2.45, 2.75) is 65.2 Å². The molecule has 0 atom stereocenters. The average molecular weight is 326 g/mol. The average Bonchev–Trinajstić information content (AvgIpc) is 2.40. The van der Waals surface area contributed by atoms with Crippen LogP contribution in [-0.4, -0.2) is 6.54 Å². The molecular weight excluding hydrogens is 298 g/mol. The number of hydrogen-bond donors (Lipinski definition) is 1. The van der Waals surface area contributed by atoms with Crippen LogP contribution >= 0.6 is 15.9 Å². The zero-order valence-electron chi connectivity index (χ0n) is 12.5. The zero-order chi connectivity index (χ0) is 13.9. The molecule has 0 aliphatic rings. The predicted molar refractivity (Wildman–Crippen MR) is 90.0 cm³/mol. The van der Waals surface area contributed by atoms with Gasteiger partial charge in [0.25, 0.3) is 0 Å². The van der Waals surface area contributed by atoms with Gasteiger partial charge in [-0.2, -0.15) is 0 Å². The van der Waals surface area contributed by atoms with E-state index in [0.717, 1.165) is 11.0 Å². The van der Waals surface area contributed by atoms with Crippen LogP contribution in [0.1, 0.15) is 63.9 Å². The Morgan fingerprint density at radius 3 is 2.26 bits per heavy atom. The van der Waals surface area contributed by atoms with Crippen molar-refractivity contribution >= 4 is 21.6 Å². The zero-order valence-corrected chi connectivity index (χ0v) is 14.1. The fourth-order valence-corrected chi connectivity index (χ4v) is 2.63. The minimum absolute atomic E-state index is 1.09. The van der Waals surface area contributed by atoms with E-state index in [9.17, 15) is 0 Å². The summed E-state index contributed by atoms with van der Waals surface area (Å²) in [5, 5.41) is 3.53. The van der Waals surface area contributed by atoms with Gasteiger partial charge in [-0.15, -0.1) is 0 Å². The van der Waals surface area contributed by atoms with Crippen LogP contribution in [0.5, 0.6) is 0 Å². The van der Waals surface area contributed by atoms with Gasteiger partial charge in [0, 0.05) is 16.7 Å². The van der Waals surface area contributed by atoms with Crippen molar-refractivity contribution < 1.29 is 0 Å². The molecule has 0 heterocycles. The van der Waals surface area contributed by atoms with E-state index >= 15 is 0 Å². The second kappa shape index (κ2) is 10.3. The van der Waals surface area contributed by atoms with Crippen LogP contribution in [0.25, 0.3) is 0 Å². The van der Waals surface area contributed by atoms with Crippen molar-refractivity contribution in [2.24, 2.45) is 0 Å². The third-order valence-electron chi connectivity index (χ3n) is 3.55. The van der Waals surface area contributed by atoms with Crippen LogP contribution in [0.2, 0.25) is 0 Å². The molecule has 0 radical (unpaired) electrons. The van der Waals surface area contributed by atoms with Crippen molar-refractivity contribution in [1.82, 2.24) is 0 Å². The van der Waals surface area contributed by atoms with E-state index in [1.807, 2.05) is 0 Å². The molecule has 0 fully saturated rings. The van der Waals surface area contributed by atoms with Crippen LogP contribution < -0.4 is 5.32 Å². The molecule has 19 heavy (non-hydrogen) atoms. The first-order chi connectivity index (χ1) is 9.24. The van der Waals surface area contributed by atoms with Gasteiger partial charge in [-0.1, -0.05) is 73.9 Å². The summed E-state index contributed by atoms with van der Waals surface area (Å²) in [6, 6.07) is 6.41. The topological polar surface area (TPSA) is 12.0 Å². The monoisotopic (exact) mass is 325 g/mol. The maximum Gasteiger partial charge on any atom is 0.0381 e. The highest BCUT2D eigenvalue weighted by Crippen LogP contribution is 2.20. The molecule has 1 aromatic carbocycles. The Morgan fingerprint density at radius 1 is 0.947 bits per heavy atom. The molecule has 0 aromatic heterocycles. The molecule has 0 spiro atoms. The van der Waals surface area contributed by atoms with Gasteiger partial charge in [0.05, 0.1) is 0 Å². The first-order valence-corrected chi connectivity index (χ1v) is 8.53. The fourth-order valence-electron chi connectivity index (χ4n) is 2.27. The van der Waals surface area contributed by atoms with E-state index in [-0.39, 0.29) is 0 Å². The van der Waals surface area contributed by atoms with E-state index in [4.69, 9.17) is 0 Å². The molecule has 0 aliphatic carbocycles. The van der Waals surface area contributed by atoms with Gasteiger partial charge in [-0.05, 0) is 31.0 Å². The number of nitrogens with one attached hydrogen (secondary N) is 1. The van der Waals surface area contributed by atoms with Crippen molar-refractivity contribution in [2.75, 3.05) is 11.9 Å². The van der Waals surface area contributed by atoms with E-state index in [1.165, 1.54) is 62.6 Å². The Labute approximate surface area is 127 Å². The van der Waals surface area contributed by atoms with Gasteiger partial charge in [0.2, 0.25) is 0 Å². The van der Waals surface area contributed by atoms with Crippen LogP contribution in [0.15, 0.2) is 22.7 Å². The molecule has 0 saturated carbocycles. The highest BCUT2D eigenvalue weighted by Gasteiger charge is 1.98. The van der Waals surface area contributed by atoms with Crippen LogP contribution in [-0.2, 0) is 0 Å². The Hall–Kier alpha value is -0.500. The molecule has 0 saturated heterocycles. The van der Waals surface area contributed by atoms with Gasteiger partial charge >= 0.3 is 0 Å². The van der Waals surface area contributed by atoms with Gasteiger partial charge in [0.1, 0.15) is 0 Å². The summed E-state index contributed by atoms with van der Waals surface area (Å²) in [5.41, 5.74) is 2.58. The third-order valence-corrected chi connectivity index (χ3v) is 4.04. The van der Waals surface area contributed by atoms with Crippen molar-refractivity contribution in [3.8, 4) is 0 Å². The largest absolute Gasteiger partial charge is 0.385 e. The first kappa shape index (κ1) is 16.6. The minimum atomic E-state index is 1.09. The smallest absolute Gasteiger partial charge is 0.0381 e. The number of rotatable bonds is 10. The molecule has 0 amide bonds. The highest BCUT2D eigenvalue weighted by atomic mass is 79.9. The lowest BCUT2D eigenvalue weighted by atomic mass is 10.1. The number of anilines is 1. The molecule has 1 N–H and O–H groups in total. The molecule has 1 nitrogen and oxygen atoms in total. The Morgan fingerprint density at radius 2 is 1.58 bits per heavy atom. The summed E-state index contributed by atoms with van der Waals surface area (Å²) in [6.07, 6.45) is 11.0. The minimum Gasteiger partial charge on any atom is -0.385 e. The van der Waals surface area contributed by atoms with E-state index in [2.05, 4.69) is 53.3 Å². The molecule has 0 aliphatic heterocycles. The van der Waals surface area contributed by atoms with Crippen LogP contribution in [0.4, 0.5) is 5.69 Å². The summed E-state index contributed by atoms with van der Waals surface area (Å²) in [7, 11) is 0. The summed E-state index contributed by atoms with van der Waals surface area (Å²) in [5.74, 6) is 0. The summed E-state index contributed by atoms with van der Waals surface area (Å²) in [6.45, 7) is 5.52. The Balaban J connectivity index is 2.03. The second-order valence-corrected chi connectivity index (χ2v) is 6.28. The van der Waals surface area contributed by atoms with Crippen LogP contribution in [0, 0.1) is 6.92 Å².